The summed E-state index contributed by atoms with van der Waals surface area (Å²) in [4.78, 5) is 12.2. The first-order chi connectivity index (χ1) is 12.2. The van der Waals surface area contributed by atoms with Gasteiger partial charge in [0.25, 0.3) is 5.91 Å². The van der Waals surface area contributed by atoms with Crippen molar-refractivity contribution in [3.63, 3.8) is 0 Å². The minimum atomic E-state index is -0.199. The third kappa shape index (κ3) is 4.25. The third-order valence-electron chi connectivity index (χ3n) is 3.72. The van der Waals surface area contributed by atoms with Crippen LogP contribution in [0, 0.1) is 11.3 Å². The molecule has 0 unspecified atom stereocenters. The fraction of sp³-hybridized carbons (Fsp3) is 0.105. The highest BCUT2D eigenvalue weighted by Gasteiger charge is 2.09. The second-order valence-electron chi connectivity index (χ2n) is 5.51. The largest absolute Gasteiger partial charge is 0.348 e. The Hall–Kier alpha value is -3.10. The topological polar surface area (TPSA) is 70.7 Å². The summed E-state index contributed by atoms with van der Waals surface area (Å²) in [7, 11) is 0. The lowest BCUT2D eigenvalue weighted by Crippen LogP contribution is -2.22. The van der Waals surface area contributed by atoms with E-state index >= 15 is 0 Å². The number of carbonyl (C=O) groups excluding carboxylic acids is 1. The van der Waals surface area contributed by atoms with Gasteiger partial charge in [-0.3, -0.25) is 9.48 Å². The molecule has 2 aromatic carbocycles. The van der Waals surface area contributed by atoms with Gasteiger partial charge in [0.15, 0.2) is 0 Å². The number of nitriles is 1. The lowest BCUT2D eigenvalue weighted by molar-refractivity contribution is 0.0951. The van der Waals surface area contributed by atoms with Gasteiger partial charge in [0, 0.05) is 17.8 Å². The molecule has 3 aromatic rings. The van der Waals surface area contributed by atoms with Gasteiger partial charge in [0.2, 0.25) is 0 Å². The maximum absolute atomic E-state index is 12.2. The molecule has 3 rings (SSSR count). The average molecular weight is 351 g/mol. The van der Waals surface area contributed by atoms with Crippen molar-refractivity contribution in [2.75, 3.05) is 0 Å². The summed E-state index contributed by atoms with van der Waals surface area (Å²) < 4.78 is 1.68. The highest BCUT2D eigenvalue weighted by molar-refractivity contribution is 6.31. The van der Waals surface area contributed by atoms with Gasteiger partial charge in [-0.25, -0.2) is 0 Å². The van der Waals surface area contributed by atoms with E-state index in [1.54, 1.807) is 23.0 Å². The van der Waals surface area contributed by atoms with Crippen LogP contribution in [-0.4, -0.2) is 15.7 Å². The molecular weight excluding hydrogens is 336 g/mol. The quantitative estimate of drug-likeness (QED) is 0.766. The van der Waals surface area contributed by atoms with Crippen molar-refractivity contribution in [2.45, 2.75) is 13.1 Å². The fourth-order valence-electron chi connectivity index (χ4n) is 2.35. The van der Waals surface area contributed by atoms with E-state index < -0.39 is 0 Å². The van der Waals surface area contributed by atoms with Crippen molar-refractivity contribution >= 4 is 17.5 Å². The number of nitrogens with zero attached hydrogens (tertiary/aromatic N) is 3. The molecule has 0 radical (unpaired) electrons. The summed E-state index contributed by atoms with van der Waals surface area (Å²) in [6.07, 6.45) is 3.22. The van der Waals surface area contributed by atoms with E-state index in [1.165, 1.54) is 6.20 Å². The molecule has 124 valence electrons. The first-order valence-corrected chi connectivity index (χ1v) is 8.06. The molecule has 1 amide bonds. The van der Waals surface area contributed by atoms with Crippen molar-refractivity contribution in [2.24, 2.45) is 0 Å². The molecule has 25 heavy (non-hydrogen) atoms. The number of amides is 1. The standard InChI is InChI=1S/C19H15ClN4O/c20-18-4-2-1-3-16(18)12-24-13-17(11-23-24)19(25)22-10-15-7-5-14(9-21)6-8-15/h1-8,11,13H,10,12H2,(H,22,25). The maximum atomic E-state index is 12.2. The van der Waals surface area contributed by atoms with Crippen LogP contribution < -0.4 is 5.32 Å². The number of benzene rings is 2. The van der Waals surface area contributed by atoms with E-state index in [1.807, 2.05) is 36.4 Å². The molecule has 0 spiro atoms. The van der Waals surface area contributed by atoms with Crippen LogP contribution in [0.5, 0.6) is 0 Å². The summed E-state index contributed by atoms with van der Waals surface area (Å²) in [5, 5.41) is 16.5. The Kier molecular flexibility index (Phi) is 5.12. The predicted octanol–water partition coefficient (Wildman–Crippen LogP) is 3.39. The Labute approximate surface area is 150 Å². The number of halogens is 1. The van der Waals surface area contributed by atoms with E-state index in [4.69, 9.17) is 16.9 Å². The van der Waals surface area contributed by atoms with Gasteiger partial charge in [-0.2, -0.15) is 10.4 Å². The first-order valence-electron chi connectivity index (χ1n) is 7.69. The predicted molar refractivity (Wildman–Crippen MR) is 95.1 cm³/mol. The zero-order valence-electron chi connectivity index (χ0n) is 13.3. The van der Waals surface area contributed by atoms with Crippen LogP contribution >= 0.6 is 11.6 Å². The molecule has 0 aliphatic heterocycles. The third-order valence-corrected chi connectivity index (χ3v) is 4.09. The summed E-state index contributed by atoms with van der Waals surface area (Å²) >= 11 is 6.14. The Balaban J connectivity index is 1.60. The summed E-state index contributed by atoms with van der Waals surface area (Å²) in [5.74, 6) is -0.199. The number of nitrogens with one attached hydrogen (secondary N) is 1. The van der Waals surface area contributed by atoms with Gasteiger partial charge >= 0.3 is 0 Å². The molecule has 1 aromatic heterocycles. The average Bonchev–Trinajstić information content (AvgIpc) is 3.11. The Morgan fingerprint density at radius 3 is 2.68 bits per heavy atom. The Morgan fingerprint density at radius 2 is 1.96 bits per heavy atom. The van der Waals surface area contributed by atoms with Crippen molar-refractivity contribution in [1.82, 2.24) is 15.1 Å². The number of carbonyl (C=O) groups is 1. The second-order valence-corrected chi connectivity index (χ2v) is 5.92. The van der Waals surface area contributed by atoms with Gasteiger partial charge in [0.05, 0.1) is 29.9 Å². The zero-order valence-corrected chi connectivity index (χ0v) is 14.1. The molecule has 0 aliphatic rings. The van der Waals surface area contributed by atoms with E-state index in [-0.39, 0.29) is 5.91 Å². The summed E-state index contributed by atoms with van der Waals surface area (Å²) in [6.45, 7) is 0.892. The molecule has 0 saturated heterocycles. The molecular formula is C19H15ClN4O. The zero-order chi connectivity index (χ0) is 17.6. The minimum Gasteiger partial charge on any atom is -0.348 e. The lowest BCUT2D eigenvalue weighted by Gasteiger charge is -2.05. The highest BCUT2D eigenvalue weighted by atomic mass is 35.5. The minimum absolute atomic E-state index is 0.199. The van der Waals surface area contributed by atoms with Crippen LogP contribution in [0.3, 0.4) is 0 Å². The van der Waals surface area contributed by atoms with Crippen LogP contribution in [0.25, 0.3) is 0 Å². The number of hydrogen-bond acceptors (Lipinski definition) is 3. The van der Waals surface area contributed by atoms with Crippen LogP contribution in [0.2, 0.25) is 5.02 Å². The van der Waals surface area contributed by atoms with Gasteiger partial charge in [-0.1, -0.05) is 41.9 Å². The van der Waals surface area contributed by atoms with E-state index in [9.17, 15) is 4.79 Å². The van der Waals surface area contributed by atoms with Crippen molar-refractivity contribution < 1.29 is 4.79 Å². The number of rotatable bonds is 5. The summed E-state index contributed by atoms with van der Waals surface area (Å²) in [6, 6.07) is 16.7. The van der Waals surface area contributed by atoms with Crippen molar-refractivity contribution in [3.05, 3.63) is 88.2 Å². The van der Waals surface area contributed by atoms with Gasteiger partial charge in [0.1, 0.15) is 0 Å². The second kappa shape index (κ2) is 7.65. The molecule has 0 saturated carbocycles. The molecule has 0 aliphatic carbocycles. The molecule has 1 heterocycles. The first kappa shape index (κ1) is 16.7. The number of aromatic nitrogens is 2. The normalized spacial score (nSPS) is 10.2. The van der Waals surface area contributed by atoms with E-state index in [2.05, 4.69) is 16.5 Å². The molecule has 0 atom stereocenters. The smallest absolute Gasteiger partial charge is 0.254 e. The SMILES string of the molecule is N#Cc1ccc(CNC(=O)c2cnn(Cc3ccccc3Cl)c2)cc1. The van der Waals surface area contributed by atoms with Crippen LogP contribution in [0.1, 0.15) is 27.0 Å². The number of hydrogen-bond donors (Lipinski definition) is 1. The maximum Gasteiger partial charge on any atom is 0.254 e. The Bertz CT molecular complexity index is 925. The lowest BCUT2D eigenvalue weighted by atomic mass is 10.1. The van der Waals surface area contributed by atoms with E-state index in [0.717, 1.165) is 11.1 Å². The van der Waals surface area contributed by atoms with Gasteiger partial charge in [-0.05, 0) is 29.3 Å². The van der Waals surface area contributed by atoms with Crippen LogP contribution in [0.15, 0.2) is 60.9 Å². The molecule has 5 nitrogen and oxygen atoms in total. The molecule has 0 fully saturated rings. The molecule has 6 heteroatoms. The van der Waals surface area contributed by atoms with Gasteiger partial charge < -0.3 is 5.32 Å². The molecule has 0 bridgehead atoms. The Morgan fingerprint density at radius 1 is 1.20 bits per heavy atom. The fourth-order valence-corrected chi connectivity index (χ4v) is 2.55. The van der Waals surface area contributed by atoms with E-state index in [0.29, 0.717) is 29.2 Å². The highest BCUT2D eigenvalue weighted by Crippen LogP contribution is 2.16. The van der Waals surface area contributed by atoms with Crippen molar-refractivity contribution in [3.8, 4) is 6.07 Å². The summed E-state index contributed by atoms with van der Waals surface area (Å²) in [5.41, 5.74) is 2.95. The monoisotopic (exact) mass is 350 g/mol. The van der Waals surface area contributed by atoms with Crippen LogP contribution in [0.4, 0.5) is 0 Å². The van der Waals surface area contributed by atoms with Crippen molar-refractivity contribution in [1.29, 1.82) is 5.26 Å². The molecule has 1 N–H and O–H groups in total. The van der Waals surface area contributed by atoms with Gasteiger partial charge in [-0.15, -0.1) is 0 Å². The van der Waals surface area contributed by atoms with Crippen LogP contribution in [-0.2, 0) is 13.1 Å².